The van der Waals surface area contributed by atoms with Crippen LogP contribution in [0.25, 0.3) is 4.96 Å². The molecule has 10 heteroatoms. The highest BCUT2D eigenvalue weighted by Gasteiger charge is 2.13. The summed E-state index contributed by atoms with van der Waals surface area (Å²) in [7, 11) is 0. The van der Waals surface area contributed by atoms with Crippen molar-refractivity contribution in [2.75, 3.05) is 12.3 Å². The molecule has 0 saturated carbocycles. The van der Waals surface area contributed by atoms with Gasteiger partial charge in [-0.05, 0) is 0 Å². The van der Waals surface area contributed by atoms with Gasteiger partial charge in [0.1, 0.15) is 11.9 Å². The number of thiazole rings is 1. The molecule has 0 aliphatic carbocycles. The first kappa shape index (κ1) is 13.8. The van der Waals surface area contributed by atoms with Gasteiger partial charge in [-0.2, -0.15) is 5.10 Å². The lowest BCUT2D eigenvalue weighted by atomic mass is 10.3. The summed E-state index contributed by atoms with van der Waals surface area (Å²) >= 11 is 2.77. The average molecular weight is 322 g/mol. The third-order valence-corrected chi connectivity index (χ3v) is 4.26. The van der Waals surface area contributed by atoms with E-state index in [9.17, 15) is 9.59 Å². The Morgan fingerprint density at radius 2 is 2.38 bits per heavy atom. The van der Waals surface area contributed by atoms with Crippen LogP contribution in [-0.4, -0.2) is 42.8 Å². The molecule has 0 aromatic carbocycles. The van der Waals surface area contributed by atoms with E-state index in [2.05, 4.69) is 25.5 Å². The van der Waals surface area contributed by atoms with Gasteiger partial charge >= 0.3 is 0 Å². The summed E-state index contributed by atoms with van der Waals surface area (Å²) in [4.78, 5) is 32.7. The lowest BCUT2D eigenvalue weighted by Crippen LogP contribution is -2.32. The Morgan fingerprint density at radius 3 is 3.19 bits per heavy atom. The quantitative estimate of drug-likeness (QED) is 0.520. The number of aromatic amines is 1. The van der Waals surface area contributed by atoms with Crippen LogP contribution in [0.15, 0.2) is 34.1 Å². The maximum atomic E-state index is 12.1. The maximum Gasteiger partial charge on any atom is 0.271 e. The van der Waals surface area contributed by atoms with Crippen molar-refractivity contribution in [2.24, 2.45) is 0 Å². The Balaban J connectivity index is 1.61. The monoisotopic (exact) mass is 322 g/mol. The van der Waals surface area contributed by atoms with Gasteiger partial charge in [0.15, 0.2) is 10.1 Å². The zero-order valence-electron chi connectivity index (χ0n) is 10.6. The predicted molar refractivity (Wildman–Crippen MR) is 78.8 cm³/mol. The number of H-pyrrole nitrogens is 1. The zero-order valence-corrected chi connectivity index (χ0v) is 12.3. The molecule has 0 fully saturated rings. The normalized spacial score (nSPS) is 10.9. The molecule has 3 heterocycles. The fraction of sp³-hybridized carbons (Fsp3) is 0.182. The van der Waals surface area contributed by atoms with Gasteiger partial charge in [-0.15, -0.1) is 11.3 Å². The highest BCUT2D eigenvalue weighted by Crippen LogP contribution is 2.09. The van der Waals surface area contributed by atoms with E-state index < -0.39 is 5.91 Å². The van der Waals surface area contributed by atoms with Crippen LogP contribution in [0.3, 0.4) is 0 Å². The number of carbonyl (C=O) groups is 1. The van der Waals surface area contributed by atoms with Gasteiger partial charge in [0.2, 0.25) is 0 Å². The highest BCUT2D eigenvalue weighted by atomic mass is 32.2. The van der Waals surface area contributed by atoms with E-state index in [1.807, 2.05) is 0 Å². The second-order valence-corrected chi connectivity index (χ2v) is 5.88. The molecule has 0 atom stereocenters. The van der Waals surface area contributed by atoms with Crippen molar-refractivity contribution in [1.29, 1.82) is 0 Å². The Morgan fingerprint density at radius 1 is 1.48 bits per heavy atom. The fourth-order valence-electron chi connectivity index (χ4n) is 1.65. The number of rotatable bonds is 5. The first-order valence-electron chi connectivity index (χ1n) is 5.97. The molecular weight excluding hydrogens is 312 g/mol. The number of hydrogen-bond donors (Lipinski definition) is 2. The molecule has 0 aliphatic rings. The standard InChI is InChI=1S/C11H10N6O2S2/c18-8(12-1-3-20-10-14-6-15-16-10)7-5-13-11-17(9(7)19)2-4-21-11/h2,4-6H,1,3H2,(H,12,18)(H,14,15,16). The van der Waals surface area contributed by atoms with E-state index in [0.29, 0.717) is 22.4 Å². The number of fused-ring (bicyclic) bond motifs is 1. The van der Waals surface area contributed by atoms with Gasteiger partial charge in [-0.25, -0.2) is 9.97 Å². The van der Waals surface area contributed by atoms with Gasteiger partial charge in [0.25, 0.3) is 11.5 Å². The van der Waals surface area contributed by atoms with Crippen LogP contribution in [0, 0.1) is 0 Å². The lowest BCUT2D eigenvalue weighted by molar-refractivity contribution is 0.0954. The third kappa shape index (κ3) is 2.95. The Kier molecular flexibility index (Phi) is 3.97. The summed E-state index contributed by atoms with van der Waals surface area (Å²) in [6, 6.07) is 0. The number of aromatic nitrogens is 5. The fourth-order valence-corrected chi connectivity index (χ4v) is 2.96. The maximum absolute atomic E-state index is 12.1. The van der Waals surface area contributed by atoms with Crippen LogP contribution >= 0.6 is 23.1 Å². The smallest absolute Gasteiger partial charge is 0.271 e. The number of nitrogens with one attached hydrogen (secondary N) is 2. The SMILES string of the molecule is O=C(NCCSc1ncn[nH]1)c1cnc2sccn2c1=O. The minimum absolute atomic E-state index is 0.0376. The van der Waals surface area contributed by atoms with E-state index in [1.165, 1.54) is 40.0 Å². The second kappa shape index (κ2) is 6.06. The number of nitrogens with zero attached hydrogens (tertiary/aromatic N) is 4. The molecule has 0 bridgehead atoms. The molecule has 1 amide bonds. The Labute approximate surface area is 126 Å². The molecule has 0 unspecified atom stereocenters. The third-order valence-electron chi connectivity index (χ3n) is 2.61. The van der Waals surface area contributed by atoms with E-state index in [0.717, 1.165) is 0 Å². The van der Waals surface area contributed by atoms with Crippen molar-refractivity contribution in [2.45, 2.75) is 5.16 Å². The van der Waals surface area contributed by atoms with Crippen LogP contribution in [0.1, 0.15) is 10.4 Å². The van der Waals surface area contributed by atoms with Gasteiger partial charge in [-0.1, -0.05) is 11.8 Å². The summed E-state index contributed by atoms with van der Waals surface area (Å²) in [6.45, 7) is 0.413. The molecule has 0 spiro atoms. The molecule has 3 aromatic heterocycles. The molecule has 8 nitrogen and oxygen atoms in total. The van der Waals surface area contributed by atoms with Crippen LogP contribution in [-0.2, 0) is 0 Å². The Hall–Kier alpha value is -2.20. The van der Waals surface area contributed by atoms with Crippen molar-refractivity contribution < 1.29 is 4.79 Å². The van der Waals surface area contributed by atoms with Crippen molar-refractivity contribution in [3.05, 3.63) is 40.0 Å². The molecule has 2 N–H and O–H groups in total. The molecule has 3 rings (SSSR count). The summed E-state index contributed by atoms with van der Waals surface area (Å²) < 4.78 is 1.36. The van der Waals surface area contributed by atoms with Crippen LogP contribution in [0.2, 0.25) is 0 Å². The first-order chi connectivity index (χ1) is 10.3. The molecule has 0 radical (unpaired) electrons. The van der Waals surface area contributed by atoms with E-state index >= 15 is 0 Å². The van der Waals surface area contributed by atoms with Crippen LogP contribution in [0.5, 0.6) is 0 Å². The molecule has 0 aliphatic heterocycles. The van der Waals surface area contributed by atoms with Crippen molar-refractivity contribution in [1.82, 2.24) is 29.9 Å². The van der Waals surface area contributed by atoms with Crippen molar-refractivity contribution in [3.8, 4) is 0 Å². The largest absolute Gasteiger partial charge is 0.351 e. The van der Waals surface area contributed by atoms with Gasteiger partial charge < -0.3 is 5.32 Å². The topological polar surface area (TPSA) is 105 Å². The number of hydrogen-bond acceptors (Lipinski definition) is 7. The summed E-state index contributed by atoms with van der Waals surface area (Å²) in [5.74, 6) is 0.197. The number of thioether (sulfide) groups is 1. The van der Waals surface area contributed by atoms with Gasteiger partial charge in [0, 0.05) is 30.1 Å². The van der Waals surface area contributed by atoms with Crippen molar-refractivity contribution in [3.63, 3.8) is 0 Å². The van der Waals surface area contributed by atoms with Crippen LogP contribution < -0.4 is 10.9 Å². The predicted octanol–water partition coefficient (Wildman–Crippen LogP) is 0.396. The summed E-state index contributed by atoms with van der Waals surface area (Å²) in [5.41, 5.74) is -0.322. The minimum Gasteiger partial charge on any atom is -0.351 e. The minimum atomic E-state index is -0.425. The van der Waals surface area contributed by atoms with E-state index in [1.54, 1.807) is 11.6 Å². The van der Waals surface area contributed by atoms with Gasteiger partial charge in [0.05, 0.1) is 0 Å². The first-order valence-corrected chi connectivity index (χ1v) is 7.83. The van der Waals surface area contributed by atoms with Crippen LogP contribution in [0.4, 0.5) is 0 Å². The second-order valence-electron chi connectivity index (χ2n) is 3.93. The number of amides is 1. The highest BCUT2D eigenvalue weighted by molar-refractivity contribution is 7.99. The number of carbonyl (C=O) groups excluding carboxylic acids is 1. The lowest BCUT2D eigenvalue weighted by Gasteiger charge is -2.03. The Bertz CT molecular complexity index is 810. The molecule has 108 valence electrons. The van der Waals surface area contributed by atoms with E-state index in [-0.39, 0.29) is 11.1 Å². The average Bonchev–Trinajstić information content (AvgIpc) is 3.15. The molecule has 0 saturated heterocycles. The summed E-state index contributed by atoms with van der Waals surface area (Å²) in [5, 5.41) is 11.6. The molecule has 3 aromatic rings. The zero-order chi connectivity index (χ0) is 14.7. The van der Waals surface area contributed by atoms with Crippen molar-refractivity contribution >= 4 is 34.0 Å². The van der Waals surface area contributed by atoms with Gasteiger partial charge in [-0.3, -0.25) is 19.1 Å². The molecular formula is C11H10N6O2S2. The van der Waals surface area contributed by atoms with E-state index in [4.69, 9.17) is 0 Å². The summed E-state index contributed by atoms with van der Waals surface area (Å²) in [6.07, 6.45) is 4.34. The molecule has 21 heavy (non-hydrogen) atoms.